The number of nitrogens with one attached hydrogen (secondary N) is 2. The summed E-state index contributed by atoms with van der Waals surface area (Å²) in [5.41, 5.74) is 1.39. The molecule has 11 nitrogen and oxygen atoms in total. The number of aryl methyl sites for hydroxylation is 2. The van der Waals surface area contributed by atoms with Crippen molar-refractivity contribution in [3.8, 4) is 17.3 Å². The molecule has 0 aliphatic carbocycles. The molecule has 2 N–H and O–H groups in total. The van der Waals surface area contributed by atoms with E-state index in [4.69, 9.17) is 4.74 Å². The van der Waals surface area contributed by atoms with Crippen LogP contribution in [0.1, 0.15) is 23.6 Å². The molecule has 4 aromatic rings. The Morgan fingerprint density at radius 3 is 2.62 bits per heavy atom. The second-order valence-corrected chi connectivity index (χ2v) is 11.1. The summed E-state index contributed by atoms with van der Waals surface area (Å²) in [5, 5.41) is 6.83. The zero-order chi connectivity index (χ0) is 28.2. The molecule has 0 bridgehead atoms. The summed E-state index contributed by atoms with van der Waals surface area (Å²) in [6, 6.07) is 5.13. The van der Waals surface area contributed by atoms with Crippen LogP contribution in [0.5, 0.6) is 5.75 Å². The molecule has 0 spiro atoms. The number of aromatic nitrogens is 6. The molecule has 2 aliphatic rings. The van der Waals surface area contributed by atoms with Crippen LogP contribution in [0.15, 0.2) is 18.2 Å². The number of carbonyl (C=O) groups excluding carboxylic acids is 1. The number of fused-ring (bicyclic) bond motifs is 1. The lowest BCUT2D eigenvalue weighted by Crippen LogP contribution is -2.54. The number of amides is 1. The van der Waals surface area contributed by atoms with Gasteiger partial charge in [-0.25, -0.2) is 19.6 Å². The van der Waals surface area contributed by atoms with Crippen molar-refractivity contribution < 1.29 is 22.7 Å². The molecule has 212 valence electrons. The minimum atomic E-state index is -4.60. The van der Waals surface area contributed by atoms with Crippen LogP contribution in [-0.4, -0.2) is 85.4 Å². The van der Waals surface area contributed by atoms with Crippen LogP contribution in [0.25, 0.3) is 22.6 Å². The fourth-order valence-corrected chi connectivity index (χ4v) is 5.93. The van der Waals surface area contributed by atoms with Gasteiger partial charge in [-0.2, -0.15) is 18.3 Å². The first-order valence-corrected chi connectivity index (χ1v) is 13.7. The molecule has 0 unspecified atom stereocenters. The number of benzene rings is 1. The van der Waals surface area contributed by atoms with Crippen LogP contribution < -0.4 is 15.0 Å². The van der Waals surface area contributed by atoms with E-state index in [1.54, 1.807) is 41.6 Å². The zero-order valence-corrected chi connectivity index (χ0v) is 22.9. The Labute approximate surface area is 231 Å². The Hall–Kier alpha value is -3.72. The Balaban J connectivity index is 1.25. The van der Waals surface area contributed by atoms with Crippen molar-refractivity contribution in [1.82, 2.24) is 39.9 Å². The number of aromatic amines is 1. The minimum absolute atomic E-state index is 0.0585. The molecule has 3 aromatic heterocycles. The average molecular weight is 576 g/mol. The standard InChI is InChI=1S/C25H28F3N9O2S/c1-13-11-35(6-7-36(13)20(38)12-37-15(3)30-14(2)34-37)23-21(33-24(40-23)25(26,27)28)22-31-18-5-4-16(8-19(18)32-22)39-17-9-29-10-17/h4-5,8,13,17,29H,6-7,9-12H2,1-3H3,(H,31,32)/t13-/m1/s1. The summed E-state index contributed by atoms with van der Waals surface area (Å²) >= 11 is 0.591. The fraction of sp³-hybridized carbons (Fsp3) is 0.480. The molecule has 5 heterocycles. The largest absolute Gasteiger partial charge is 0.488 e. The van der Waals surface area contributed by atoms with Crippen molar-refractivity contribution in [1.29, 1.82) is 0 Å². The number of ether oxygens (including phenoxy) is 1. The van der Waals surface area contributed by atoms with Gasteiger partial charge in [0.2, 0.25) is 10.9 Å². The van der Waals surface area contributed by atoms with Crippen molar-refractivity contribution in [2.75, 3.05) is 37.6 Å². The van der Waals surface area contributed by atoms with Crippen molar-refractivity contribution in [2.24, 2.45) is 0 Å². The van der Waals surface area contributed by atoms with Crippen LogP contribution in [0.3, 0.4) is 0 Å². The summed E-state index contributed by atoms with van der Waals surface area (Å²) < 4.78 is 48.8. The Morgan fingerprint density at radius 1 is 1.18 bits per heavy atom. The molecular weight excluding hydrogens is 547 g/mol. The SMILES string of the molecule is Cc1nc(C)n(CC(=O)N2CCN(c3sc(C(F)(F)F)nc3-c3nc4ccc(OC5CNC5)cc4[nH]3)C[C@H]2C)n1. The van der Waals surface area contributed by atoms with E-state index >= 15 is 0 Å². The minimum Gasteiger partial charge on any atom is -0.488 e. The summed E-state index contributed by atoms with van der Waals surface area (Å²) in [5.74, 6) is 2.03. The number of halogens is 3. The quantitative estimate of drug-likeness (QED) is 0.361. The normalized spacial score (nSPS) is 18.4. The van der Waals surface area contributed by atoms with Gasteiger partial charge in [0.15, 0.2) is 5.82 Å². The van der Waals surface area contributed by atoms with E-state index < -0.39 is 11.2 Å². The monoisotopic (exact) mass is 575 g/mol. The number of imidazole rings is 1. The van der Waals surface area contributed by atoms with Gasteiger partial charge < -0.3 is 24.8 Å². The van der Waals surface area contributed by atoms with E-state index in [0.29, 0.717) is 64.4 Å². The number of rotatable bonds is 6. The lowest BCUT2D eigenvalue weighted by Gasteiger charge is -2.40. The maximum atomic E-state index is 13.8. The smallest absolute Gasteiger partial charge is 0.443 e. The highest BCUT2D eigenvalue weighted by molar-refractivity contribution is 7.16. The van der Waals surface area contributed by atoms with Gasteiger partial charge in [0.05, 0.1) is 11.0 Å². The molecule has 0 radical (unpaired) electrons. The lowest BCUT2D eigenvalue weighted by atomic mass is 10.2. The molecular formula is C25H28F3N9O2S. The first-order valence-electron chi connectivity index (χ1n) is 12.9. The highest BCUT2D eigenvalue weighted by Gasteiger charge is 2.39. The molecule has 1 aromatic carbocycles. The van der Waals surface area contributed by atoms with Crippen molar-refractivity contribution in [3.05, 3.63) is 34.9 Å². The highest BCUT2D eigenvalue weighted by Crippen LogP contribution is 2.43. The number of hydrogen-bond donors (Lipinski definition) is 2. The van der Waals surface area contributed by atoms with E-state index in [1.165, 1.54) is 0 Å². The van der Waals surface area contributed by atoms with E-state index in [0.717, 1.165) is 13.1 Å². The maximum absolute atomic E-state index is 13.8. The third-order valence-corrected chi connectivity index (χ3v) is 8.22. The van der Waals surface area contributed by atoms with Crippen LogP contribution >= 0.6 is 11.3 Å². The maximum Gasteiger partial charge on any atom is 0.443 e. The number of H-pyrrole nitrogens is 1. The van der Waals surface area contributed by atoms with Crippen molar-refractivity contribution >= 4 is 33.3 Å². The topological polar surface area (TPSA) is 117 Å². The Morgan fingerprint density at radius 2 is 1.98 bits per heavy atom. The van der Waals surface area contributed by atoms with E-state index in [9.17, 15) is 18.0 Å². The molecule has 1 atom stereocenters. The summed E-state index contributed by atoms with van der Waals surface area (Å²) in [4.78, 5) is 32.6. The van der Waals surface area contributed by atoms with Gasteiger partial charge in [0, 0.05) is 44.8 Å². The van der Waals surface area contributed by atoms with Crippen molar-refractivity contribution in [2.45, 2.75) is 45.6 Å². The highest BCUT2D eigenvalue weighted by atomic mass is 32.1. The van der Waals surface area contributed by atoms with E-state index in [2.05, 4.69) is 30.4 Å². The van der Waals surface area contributed by atoms with Gasteiger partial charge in [0.1, 0.15) is 40.7 Å². The van der Waals surface area contributed by atoms with Gasteiger partial charge in [0.25, 0.3) is 0 Å². The van der Waals surface area contributed by atoms with Gasteiger partial charge in [-0.3, -0.25) is 4.79 Å². The second kappa shape index (κ2) is 10.0. The van der Waals surface area contributed by atoms with Gasteiger partial charge >= 0.3 is 6.18 Å². The predicted octanol–water partition coefficient (Wildman–Crippen LogP) is 3.00. The average Bonchev–Trinajstić information content (AvgIpc) is 3.57. The van der Waals surface area contributed by atoms with Crippen LogP contribution in [0.4, 0.5) is 18.2 Å². The van der Waals surface area contributed by atoms with Gasteiger partial charge in [-0.1, -0.05) is 11.3 Å². The van der Waals surface area contributed by atoms with Crippen LogP contribution in [-0.2, 0) is 17.5 Å². The van der Waals surface area contributed by atoms with Crippen molar-refractivity contribution in [3.63, 3.8) is 0 Å². The number of carbonyl (C=O) groups is 1. The molecule has 2 saturated heterocycles. The molecule has 6 rings (SSSR count). The number of hydrogen-bond acceptors (Lipinski definition) is 9. The zero-order valence-electron chi connectivity index (χ0n) is 22.1. The Kier molecular flexibility index (Phi) is 6.65. The lowest BCUT2D eigenvalue weighted by molar-refractivity contribution is -0.137. The van der Waals surface area contributed by atoms with E-state index in [1.807, 2.05) is 11.8 Å². The van der Waals surface area contributed by atoms with Crippen LogP contribution in [0.2, 0.25) is 0 Å². The number of piperazine rings is 1. The molecule has 0 saturated carbocycles. The van der Waals surface area contributed by atoms with E-state index in [-0.39, 0.29) is 36.1 Å². The second-order valence-electron chi connectivity index (χ2n) is 10.1. The first-order chi connectivity index (χ1) is 19.0. The Bertz CT molecular complexity index is 1560. The first kappa shape index (κ1) is 26.5. The summed E-state index contributed by atoms with van der Waals surface area (Å²) in [6.45, 7) is 8.08. The number of anilines is 1. The third kappa shape index (κ3) is 5.10. The molecule has 2 fully saturated rings. The number of alkyl halides is 3. The number of thiazole rings is 1. The van der Waals surface area contributed by atoms with Gasteiger partial charge in [-0.15, -0.1) is 0 Å². The fourth-order valence-electron chi connectivity index (χ4n) is 4.96. The predicted molar refractivity (Wildman–Crippen MR) is 142 cm³/mol. The van der Waals surface area contributed by atoms with Gasteiger partial charge in [-0.05, 0) is 32.9 Å². The number of nitrogens with zero attached hydrogens (tertiary/aromatic N) is 7. The summed E-state index contributed by atoms with van der Waals surface area (Å²) in [7, 11) is 0. The molecule has 15 heteroatoms. The summed E-state index contributed by atoms with van der Waals surface area (Å²) in [6.07, 6.45) is -4.50. The molecule has 40 heavy (non-hydrogen) atoms. The molecule has 1 amide bonds. The van der Waals surface area contributed by atoms with Crippen LogP contribution in [0, 0.1) is 13.8 Å². The third-order valence-electron chi connectivity index (χ3n) is 7.06. The molecule has 2 aliphatic heterocycles.